The fourth-order valence-corrected chi connectivity index (χ4v) is 4.14. The number of amides is 1. The Kier molecular flexibility index (Phi) is 2.83. The van der Waals surface area contributed by atoms with Crippen LogP contribution in [0.1, 0.15) is 25.7 Å². The van der Waals surface area contributed by atoms with Crippen LogP contribution in [0.15, 0.2) is 23.1 Å². The lowest BCUT2D eigenvalue weighted by molar-refractivity contribution is -0.124. The van der Waals surface area contributed by atoms with Crippen LogP contribution in [-0.4, -0.2) is 11.7 Å². The number of rotatable bonds is 0. The highest BCUT2D eigenvalue weighted by Gasteiger charge is 2.42. The summed E-state index contributed by atoms with van der Waals surface area (Å²) < 4.78 is 0. The van der Waals surface area contributed by atoms with Crippen molar-refractivity contribution in [3.05, 3.63) is 23.2 Å². The molecule has 1 aliphatic heterocycles. The van der Waals surface area contributed by atoms with Gasteiger partial charge in [0, 0.05) is 15.7 Å². The van der Waals surface area contributed by atoms with Gasteiger partial charge in [-0.25, -0.2) is 0 Å². The Morgan fingerprint density at radius 2 is 2.06 bits per heavy atom. The number of thioether (sulfide) groups is 1. The Labute approximate surface area is 110 Å². The van der Waals surface area contributed by atoms with Gasteiger partial charge in [0.25, 0.3) is 0 Å². The van der Waals surface area contributed by atoms with Crippen LogP contribution < -0.4 is 5.32 Å². The second kappa shape index (κ2) is 4.21. The average molecular weight is 268 g/mol. The van der Waals surface area contributed by atoms with Gasteiger partial charge in [0.1, 0.15) is 0 Å². The van der Waals surface area contributed by atoms with E-state index >= 15 is 0 Å². The molecule has 0 bridgehead atoms. The summed E-state index contributed by atoms with van der Waals surface area (Å²) in [5.74, 6) is 1.08. The van der Waals surface area contributed by atoms with Crippen LogP contribution in [0.2, 0.25) is 5.02 Å². The van der Waals surface area contributed by atoms with E-state index in [0.29, 0.717) is 5.02 Å². The normalized spacial score (nSPS) is 22.1. The molecule has 4 heteroatoms. The second-order valence-corrected chi connectivity index (χ2v) is 6.32. The predicted molar refractivity (Wildman–Crippen MR) is 71.7 cm³/mol. The number of hydrogen-bond donors (Lipinski definition) is 1. The van der Waals surface area contributed by atoms with E-state index in [0.717, 1.165) is 29.2 Å². The van der Waals surface area contributed by atoms with Crippen LogP contribution in [0, 0.1) is 5.41 Å². The van der Waals surface area contributed by atoms with Crippen LogP contribution in [0.5, 0.6) is 0 Å². The fraction of sp³-hybridized carbons (Fsp3) is 0.462. The molecule has 0 unspecified atom stereocenters. The average Bonchev–Trinajstić information content (AvgIpc) is 2.73. The molecule has 3 rings (SSSR count). The van der Waals surface area contributed by atoms with Crippen LogP contribution >= 0.6 is 23.4 Å². The third-order valence-corrected chi connectivity index (χ3v) is 5.34. The molecule has 0 radical (unpaired) electrons. The molecule has 0 atom stereocenters. The number of carbonyl (C=O) groups is 1. The van der Waals surface area contributed by atoms with Crippen LogP contribution in [0.3, 0.4) is 0 Å². The van der Waals surface area contributed by atoms with Crippen molar-refractivity contribution in [3.8, 4) is 0 Å². The number of anilines is 1. The zero-order valence-corrected chi connectivity index (χ0v) is 11.0. The summed E-state index contributed by atoms with van der Waals surface area (Å²) in [4.78, 5) is 13.5. The number of fused-ring (bicyclic) bond motifs is 1. The van der Waals surface area contributed by atoms with E-state index in [1.54, 1.807) is 11.8 Å². The summed E-state index contributed by atoms with van der Waals surface area (Å²) in [5, 5.41) is 3.72. The van der Waals surface area contributed by atoms with E-state index in [1.807, 2.05) is 18.2 Å². The number of nitrogens with one attached hydrogen (secondary N) is 1. The molecule has 1 aromatic carbocycles. The highest BCUT2D eigenvalue weighted by molar-refractivity contribution is 7.99. The summed E-state index contributed by atoms with van der Waals surface area (Å²) in [6.07, 6.45) is 4.39. The van der Waals surface area contributed by atoms with Gasteiger partial charge in [0.05, 0.1) is 11.1 Å². The molecule has 17 heavy (non-hydrogen) atoms. The molecule has 0 saturated heterocycles. The summed E-state index contributed by atoms with van der Waals surface area (Å²) in [6.45, 7) is 0. The minimum Gasteiger partial charge on any atom is -0.325 e. The number of benzene rings is 1. The maximum Gasteiger partial charge on any atom is 0.231 e. The smallest absolute Gasteiger partial charge is 0.231 e. The highest BCUT2D eigenvalue weighted by Crippen LogP contribution is 2.46. The molecule has 2 aliphatic rings. The molecule has 1 amide bonds. The van der Waals surface area contributed by atoms with Gasteiger partial charge in [-0.15, -0.1) is 11.8 Å². The summed E-state index contributed by atoms with van der Waals surface area (Å²) >= 11 is 7.74. The summed E-state index contributed by atoms with van der Waals surface area (Å²) in [7, 11) is 0. The summed E-state index contributed by atoms with van der Waals surface area (Å²) in [6, 6.07) is 5.72. The van der Waals surface area contributed by atoms with Gasteiger partial charge in [0.2, 0.25) is 5.91 Å². The molecule has 1 N–H and O–H groups in total. The molecule has 2 nitrogen and oxygen atoms in total. The SMILES string of the molecule is O=C1Nc2cc(Cl)ccc2SCC12CCCC2. The molecule has 0 aromatic heterocycles. The Hall–Kier alpha value is -0.670. The molecule has 90 valence electrons. The van der Waals surface area contributed by atoms with Gasteiger partial charge < -0.3 is 5.32 Å². The zero-order chi connectivity index (χ0) is 11.9. The maximum atomic E-state index is 12.3. The van der Waals surface area contributed by atoms with Crippen molar-refractivity contribution in [1.29, 1.82) is 0 Å². The Morgan fingerprint density at radius 1 is 1.29 bits per heavy atom. The topological polar surface area (TPSA) is 29.1 Å². The molecule has 1 spiro atoms. The largest absolute Gasteiger partial charge is 0.325 e. The molecule has 1 heterocycles. The Bertz CT molecular complexity index is 468. The molecular formula is C13H14ClNOS. The van der Waals surface area contributed by atoms with Crippen molar-refractivity contribution in [1.82, 2.24) is 0 Å². The first-order valence-corrected chi connectivity index (χ1v) is 7.30. The first kappa shape index (κ1) is 11.4. The maximum absolute atomic E-state index is 12.3. The standard InChI is InChI=1S/C13H14ClNOS/c14-9-3-4-11-10(7-9)15-12(16)13(8-17-11)5-1-2-6-13/h3-4,7H,1-2,5-6,8H2,(H,15,16). The van der Waals surface area contributed by atoms with E-state index in [9.17, 15) is 4.79 Å². The highest BCUT2D eigenvalue weighted by atomic mass is 35.5. The first-order chi connectivity index (χ1) is 8.20. The van der Waals surface area contributed by atoms with E-state index in [1.165, 1.54) is 12.8 Å². The quantitative estimate of drug-likeness (QED) is 0.771. The molecule has 1 aromatic rings. The third kappa shape index (κ3) is 1.95. The van der Waals surface area contributed by atoms with E-state index in [-0.39, 0.29) is 11.3 Å². The molecular weight excluding hydrogens is 254 g/mol. The van der Waals surface area contributed by atoms with E-state index in [4.69, 9.17) is 11.6 Å². The van der Waals surface area contributed by atoms with Gasteiger partial charge in [-0.3, -0.25) is 4.79 Å². The van der Waals surface area contributed by atoms with Gasteiger partial charge in [-0.2, -0.15) is 0 Å². The zero-order valence-electron chi connectivity index (χ0n) is 9.46. The Morgan fingerprint density at radius 3 is 2.82 bits per heavy atom. The third-order valence-electron chi connectivity index (χ3n) is 3.74. The van der Waals surface area contributed by atoms with Crippen LogP contribution in [0.25, 0.3) is 0 Å². The second-order valence-electron chi connectivity index (χ2n) is 4.87. The first-order valence-electron chi connectivity index (χ1n) is 5.93. The van der Waals surface area contributed by atoms with Crippen molar-refractivity contribution in [3.63, 3.8) is 0 Å². The molecule has 1 aliphatic carbocycles. The fourth-order valence-electron chi connectivity index (χ4n) is 2.69. The molecule has 1 saturated carbocycles. The minimum absolute atomic E-state index is 0.143. The lowest BCUT2D eigenvalue weighted by Crippen LogP contribution is -2.34. The van der Waals surface area contributed by atoms with E-state index in [2.05, 4.69) is 5.32 Å². The van der Waals surface area contributed by atoms with Crippen molar-refractivity contribution in [2.24, 2.45) is 5.41 Å². The minimum atomic E-state index is -0.143. The summed E-state index contributed by atoms with van der Waals surface area (Å²) in [5.41, 5.74) is 0.729. The number of carbonyl (C=O) groups excluding carboxylic acids is 1. The van der Waals surface area contributed by atoms with Crippen molar-refractivity contribution < 1.29 is 4.79 Å². The lowest BCUT2D eigenvalue weighted by atomic mass is 9.87. The van der Waals surface area contributed by atoms with Crippen molar-refractivity contribution >= 4 is 35.0 Å². The predicted octanol–water partition coefficient (Wildman–Crippen LogP) is 3.94. The van der Waals surface area contributed by atoms with Crippen molar-refractivity contribution in [2.45, 2.75) is 30.6 Å². The van der Waals surface area contributed by atoms with Crippen molar-refractivity contribution in [2.75, 3.05) is 11.1 Å². The number of halogens is 1. The Balaban J connectivity index is 1.96. The van der Waals surface area contributed by atoms with Gasteiger partial charge >= 0.3 is 0 Å². The number of hydrogen-bond acceptors (Lipinski definition) is 2. The van der Waals surface area contributed by atoms with Gasteiger partial charge in [-0.1, -0.05) is 24.4 Å². The lowest BCUT2D eigenvalue weighted by Gasteiger charge is -2.24. The van der Waals surface area contributed by atoms with Crippen LogP contribution in [0.4, 0.5) is 5.69 Å². The molecule has 1 fully saturated rings. The van der Waals surface area contributed by atoms with Crippen LogP contribution in [-0.2, 0) is 4.79 Å². The van der Waals surface area contributed by atoms with Gasteiger partial charge in [0.15, 0.2) is 0 Å². The van der Waals surface area contributed by atoms with E-state index < -0.39 is 0 Å². The van der Waals surface area contributed by atoms with Gasteiger partial charge in [-0.05, 0) is 31.0 Å². The monoisotopic (exact) mass is 267 g/mol.